The molecule has 0 spiro atoms. The van der Waals surface area contributed by atoms with Crippen LogP contribution < -0.4 is 4.90 Å². The van der Waals surface area contributed by atoms with Gasteiger partial charge in [-0.3, -0.25) is 9.78 Å². The Kier molecular flexibility index (Phi) is 4.05. The summed E-state index contributed by atoms with van der Waals surface area (Å²) in [6, 6.07) is 0. The van der Waals surface area contributed by atoms with Gasteiger partial charge in [-0.1, -0.05) is 0 Å². The molecule has 0 bridgehead atoms. The van der Waals surface area contributed by atoms with Crippen LogP contribution >= 0.6 is 0 Å². The SMILES string of the molecule is Cc1nc2cncc(N3CCN(C(=O)C4CCCOC4)CC3)n2n1. The van der Waals surface area contributed by atoms with Gasteiger partial charge in [-0.05, 0) is 19.8 Å². The van der Waals surface area contributed by atoms with Crippen molar-refractivity contribution in [3.8, 4) is 0 Å². The van der Waals surface area contributed by atoms with E-state index in [2.05, 4.69) is 20.0 Å². The molecule has 8 nitrogen and oxygen atoms in total. The third-order valence-electron chi connectivity index (χ3n) is 4.76. The van der Waals surface area contributed by atoms with Crippen LogP contribution in [-0.2, 0) is 9.53 Å². The van der Waals surface area contributed by atoms with E-state index in [1.54, 1.807) is 6.20 Å². The topological polar surface area (TPSA) is 75.9 Å². The molecule has 0 N–H and O–H groups in total. The highest BCUT2D eigenvalue weighted by atomic mass is 16.5. The van der Waals surface area contributed by atoms with Crippen molar-refractivity contribution in [2.45, 2.75) is 19.8 Å². The van der Waals surface area contributed by atoms with Crippen molar-refractivity contribution in [2.24, 2.45) is 5.92 Å². The highest BCUT2D eigenvalue weighted by Gasteiger charge is 2.29. The third kappa shape index (κ3) is 2.82. The molecule has 2 aliphatic heterocycles. The van der Waals surface area contributed by atoms with Gasteiger partial charge in [0.15, 0.2) is 11.5 Å². The van der Waals surface area contributed by atoms with Crippen LogP contribution in [-0.4, -0.2) is 69.8 Å². The summed E-state index contributed by atoms with van der Waals surface area (Å²) in [5, 5.41) is 4.44. The zero-order valence-electron chi connectivity index (χ0n) is 13.9. The highest BCUT2D eigenvalue weighted by molar-refractivity contribution is 5.79. The number of carbonyl (C=O) groups excluding carboxylic acids is 1. The highest BCUT2D eigenvalue weighted by Crippen LogP contribution is 2.20. The summed E-state index contributed by atoms with van der Waals surface area (Å²) in [6.45, 7) is 6.23. The van der Waals surface area contributed by atoms with Gasteiger partial charge in [0.1, 0.15) is 5.82 Å². The molecule has 128 valence electrons. The summed E-state index contributed by atoms with van der Waals surface area (Å²) in [5.41, 5.74) is 0.753. The standard InChI is InChI=1S/C16H22N6O2/c1-12-18-14-9-17-10-15(22(14)19-12)20-4-6-21(7-5-20)16(23)13-3-2-8-24-11-13/h9-10,13H,2-8,11H2,1H3. The summed E-state index contributed by atoms with van der Waals surface area (Å²) < 4.78 is 7.28. The van der Waals surface area contributed by atoms with Crippen molar-refractivity contribution in [1.29, 1.82) is 0 Å². The first kappa shape index (κ1) is 15.3. The lowest BCUT2D eigenvalue weighted by Gasteiger charge is -2.37. The molecule has 2 fully saturated rings. The summed E-state index contributed by atoms with van der Waals surface area (Å²) in [7, 11) is 0. The van der Waals surface area contributed by atoms with Gasteiger partial charge in [-0.2, -0.15) is 4.52 Å². The number of amides is 1. The monoisotopic (exact) mass is 330 g/mol. The number of rotatable bonds is 2. The second-order valence-electron chi connectivity index (χ2n) is 6.42. The fraction of sp³-hybridized carbons (Fsp3) is 0.625. The Balaban J connectivity index is 1.44. The molecule has 2 aromatic heterocycles. The molecule has 0 aliphatic carbocycles. The van der Waals surface area contributed by atoms with E-state index in [1.807, 2.05) is 22.5 Å². The summed E-state index contributed by atoms with van der Waals surface area (Å²) in [4.78, 5) is 25.4. The average molecular weight is 330 g/mol. The Morgan fingerprint density at radius 3 is 2.83 bits per heavy atom. The minimum Gasteiger partial charge on any atom is -0.381 e. The average Bonchev–Trinajstić information content (AvgIpc) is 3.02. The van der Waals surface area contributed by atoms with Gasteiger partial charge in [0, 0.05) is 32.8 Å². The second kappa shape index (κ2) is 6.35. The van der Waals surface area contributed by atoms with Crippen LogP contribution in [0.15, 0.2) is 12.4 Å². The maximum Gasteiger partial charge on any atom is 0.228 e. The zero-order valence-corrected chi connectivity index (χ0v) is 13.9. The molecule has 0 radical (unpaired) electrons. The number of piperazine rings is 1. The minimum atomic E-state index is 0.0355. The quantitative estimate of drug-likeness (QED) is 0.798. The molecule has 2 aromatic rings. The molecule has 24 heavy (non-hydrogen) atoms. The zero-order chi connectivity index (χ0) is 16.5. The Morgan fingerprint density at radius 1 is 1.25 bits per heavy atom. The van der Waals surface area contributed by atoms with E-state index in [0.717, 1.165) is 62.9 Å². The van der Waals surface area contributed by atoms with Crippen LogP contribution in [0.4, 0.5) is 5.82 Å². The number of hydrogen-bond acceptors (Lipinski definition) is 6. The van der Waals surface area contributed by atoms with E-state index in [0.29, 0.717) is 6.61 Å². The Labute approximate surface area is 140 Å². The van der Waals surface area contributed by atoms with Crippen molar-refractivity contribution in [2.75, 3.05) is 44.3 Å². The first-order valence-electron chi connectivity index (χ1n) is 8.51. The molecule has 0 aromatic carbocycles. The lowest BCUT2D eigenvalue weighted by molar-refractivity contribution is -0.140. The smallest absolute Gasteiger partial charge is 0.228 e. The molecular weight excluding hydrogens is 308 g/mol. The number of hydrogen-bond donors (Lipinski definition) is 0. The number of aryl methyl sites for hydroxylation is 1. The Bertz CT molecular complexity index is 731. The van der Waals surface area contributed by atoms with Crippen LogP contribution in [0.3, 0.4) is 0 Å². The van der Waals surface area contributed by atoms with E-state index in [4.69, 9.17) is 4.74 Å². The van der Waals surface area contributed by atoms with Gasteiger partial charge >= 0.3 is 0 Å². The maximum atomic E-state index is 12.6. The summed E-state index contributed by atoms with van der Waals surface area (Å²) in [5.74, 6) is 1.94. The molecule has 1 atom stereocenters. The lowest BCUT2D eigenvalue weighted by Crippen LogP contribution is -2.51. The number of nitrogens with zero attached hydrogens (tertiary/aromatic N) is 6. The predicted octanol–water partition coefficient (Wildman–Crippen LogP) is 0.508. The van der Waals surface area contributed by atoms with Crippen molar-refractivity contribution in [1.82, 2.24) is 24.5 Å². The third-order valence-corrected chi connectivity index (χ3v) is 4.76. The number of fused-ring (bicyclic) bond motifs is 1. The van der Waals surface area contributed by atoms with Crippen molar-refractivity contribution in [3.63, 3.8) is 0 Å². The normalized spacial score (nSPS) is 22.1. The number of anilines is 1. The largest absolute Gasteiger partial charge is 0.381 e. The maximum absolute atomic E-state index is 12.6. The molecule has 1 unspecified atom stereocenters. The summed E-state index contributed by atoms with van der Waals surface area (Å²) >= 11 is 0. The Hall–Kier alpha value is -2.22. The van der Waals surface area contributed by atoms with Gasteiger partial charge in [-0.15, -0.1) is 5.10 Å². The van der Waals surface area contributed by atoms with Crippen LogP contribution in [0, 0.1) is 12.8 Å². The van der Waals surface area contributed by atoms with E-state index >= 15 is 0 Å². The van der Waals surface area contributed by atoms with Crippen LogP contribution in [0.1, 0.15) is 18.7 Å². The predicted molar refractivity (Wildman–Crippen MR) is 87.9 cm³/mol. The van der Waals surface area contributed by atoms with E-state index in [-0.39, 0.29) is 11.8 Å². The first-order valence-corrected chi connectivity index (χ1v) is 8.51. The van der Waals surface area contributed by atoms with E-state index in [9.17, 15) is 4.79 Å². The molecule has 2 saturated heterocycles. The van der Waals surface area contributed by atoms with Gasteiger partial charge < -0.3 is 14.5 Å². The van der Waals surface area contributed by atoms with Gasteiger partial charge in [0.05, 0.1) is 24.9 Å². The fourth-order valence-corrected chi connectivity index (χ4v) is 3.47. The summed E-state index contributed by atoms with van der Waals surface area (Å²) in [6.07, 6.45) is 5.45. The first-order chi connectivity index (χ1) is 11.7. The van der Waals surface area contributed by atoms with E-state index in [1.165, 1.54) is 0 Å². The Morgan fingerprint density at radius 2 is 2.08 bits per heavy atom. The van der Waals surface area contributed by atoms with Crippen LogP contribution in [0.25, 0.3) is 5.65 Å². The molecule has 4 rings (SSSR count). The molecule has 0 saturated carbocycles. The second-order valence-corrected chi connectivity index (χ2v) is 6.42. The molecular formula is C16H22N6O2. The van der Waals surface area contributed by atoms with Crippen LogP contribution in [0.5, 0.6) is 0 Å². The van der Waals surface area contributed by atoms with Gasteiger partial charge in [-0.25, -0.2) is 4.98 Å². The molecule has 8 heteroatoms. The minimum absolute atomic E-state index is 0.0355. The van der Waals surface area contributed by atoms with Crippen molar-refractivity contribution >= 4 is 17.4 Å². The van der Waals surface area contributed by atoms with Gasteiger partial charge in [0.25, 0.3) is 0 Å². The lowest BCUT2D eigenvalue weighted by atomic mass is 10.0. The number of ether oxygens (including phenoxy) is 1. The molecule has 4 heterocycles. The van der Waals surface area contributed by atoms with Crippen LogP contribution in [0.2, 0.25) is 0 Å². The molecule has 2 aliphatic rings. The van der Waals surface area contributed by atoms with Crippen molar-refractivity contribution in [3.05, 3.63) is 18.2 Å². The number of carbonyl (C=O) groups is 1. The van der Waals surface area contributed by atoms with E-state index < -0.39 is 0 Å². The molecule has 1 amide bonds. The van der Waals surface area contributed by atoms with Crippen molar-refractivity contribution < 1.29 is 9.53 Å². The van der Waals surface area contributed by atoms with Gasteiger partial charge in [0.2, 0.25) is 5.91 Å². The number of aromatic nitrogens is 4. The fourth-order valence-electron chi connectivity index (χ4n) is 3.47.